The molecule has 0 saturated carbocycles. The van der Waals surface area contributed by atoms with Crippen LogP contribution in [0.15, 0.2) is 85.0 Å². The van der Waals surface area contributed by atoms with Crippen LogP contribution in [0.3, 0.4) is 0 Å². The number of nitrogens with zero attached hydrogens (tertiary/aromatic N) is 3. The fourth-order valence-electron chi connectivity index (χ4n) is 3.40. The minimum atomic E-state index is 0.596. The number of ether oxygens (including phenoxy) is 1. The summed E-state index contributed by atoms with van der Waals surface area (Å²) >= 11 is 0. The van der Waals surface area contributed by atoms with Crippen molar-refractivity contribution in [1.82, 2.24) is 15.0 Å². The minimum Gasteiger partial charge on any atom is -0.497 e. The van der Waals surface area contributed by atoms with E-state index >= 15 is 0 Å². The first-order valence-corrected chi connectivity index (χ1v) is 9.51. The van der Waals surface area contributed by atoms with Crippen LogP contribution in [0.1, 0.15) is 5.56 Å². The molecule has 2 aromatic carbocycles. The van der Waals surface area contributed by atoms with Crippen LogP contribution < -0.4 is 15.4 Å². The second kappa shape index (κ2) is 7.33. The molecule has 0 aliphatic carbocycles. The Hall–Kier alpha value is -4.19. The predicted molar refractivity (Wildman–Crippen MR) is 120 cm³/mol. The average molecular weight is 393 g/mol. The maximum atomic E-state index is 5.41. The van der Waals surface area contributed by atoms with Gasteiger partial charge in [-0.2, -0.15) is 0 Å². The van der Waals surface area contributed by atoms with Crippen molar-refractivity contribution in [2.75, 3.05) is 17.7 Å². The van der Waals surface area contributed by atoms with E-state index in [1.165, 1.54) is 0 Å². The molecule has 2 aromatic heterocycles. The zero-order valence-electron chi connectivity index (χ0n) is 16.4. The van der Waals surface area contributed by atoms with Crippen LogP contribution in [-0.4, -0.2) is 22.1 Å². The number of aromatic nitrogens is 3. The molecule has 0 saturated heterocycles. The Balaban J connectivity index is 1.65. The summed E-state index contributed by atoms with van der Waals surface area (Å²) in [7, 11) is 1.64. The highest BCUT2D eigenvalue weighted by Gasteiger charge is 2.16. The van der Waals surface area contributed by atoms with Crippen molar-refractivity contribution in [3.63, 3.8) is 0 Å². The summed E-state index contributed by atoms with van der Waals surface area (Å²) in [5.41, 5.74) is 5.37. The molecule has 0 fully saturated rings. The van der Waals surface area contributed by atoms with Gasteiger partial charge < -0.3 is 15.4 Å². The van der Waals surface area contributed by atoms with E-state index in [0.717, 1.165) is 44.9 Å². The first-order chi connectivity index (χ1) is 14.7. The number of fused-ring (bicyclic) bond motifs is 2. The summed E-state index contributed by atoms with van der Waals surface area (Å²) in [5, 5.41) is 7.65. The number of para-hydroxylation sites is 1. The van der Waals surface area contributed by atoms with Crippen molar-refractivity contribution < 1.29 is 4.74 Å². The van der Waals surface area contributed by atoms with Crippen molar-refractivity contribution in [3.05, 3.63) is 90.5 Å². The number of methoxy groups -OCH3 is 1. The van der Waals surface area contributed by atoms with Gasteiger partial charge >= 0.3 is 0 Å². The van der Waals surface area contributed by atoms with Crippen molar-refractivity contribution in [2.45, 2.75) is 0 Å². The molecular formula is C24H19N5O. The van der Waals surface area contributed by atoms with Gasteiger partial charge in [0.1, 0.15) is 11.6 Å². The molecule has 1 aliphatic rings. The number of benzene rings is 2. The van der Waals surface area contributed by atoms with Gasteiger partial charge in [0.2, 0.25) is 0 Å². The summed E-state index contributed by atoms with van der Waals surface area (Å²) in [5.74, 6) is 2.01. The third-order valence-corrected chi connectivity index (χ3v) is 4.95. The van der Waals surface area contributed by atoms with Gasteiger partial charge in [-0.3, -0.25) is 4.98 Å². The number of nitrogens with one attached hydrogen (secondary N) is 2. The van der Waals surface area contributed by atoms with Gasteiger partial charge in [-0.1, -0.05) is 24.8 Å². The van der Waals surface area contributed by atoms with Gasteiger partial charge in [-0.25, -0.2) is 9.97 Å². The highest BCUT2D eigenvalue weighted by atomic mass is 16.5. The number of rotatable bonds is 4. The van der Waals surface area contributed by atoms with E-state index in [9.17, 15) is 0 Å². The topological polar surface area (TPSA) is 72.0 Å². The van der Waals surface area contributed by atoms with Crippen molar-refractivity contribution in [1.29, 1.82) is 0 Å². The van der Waals surface area contributed by atoms with E-state index in [4.69, 9.17) is 14.7 Å². The molecule has 146 valence electrons. The summed E-state index contributed by atoms with van der Waals surface area (Å²) < 4.78 is 5.41. The monoisotopic (exact) mass is 393 g/mol. The standard InChI is InChI=1S/C24H19N5O/c1-15-22(12-16-6-3-4-8-20(16)26-15)28-24-19-13-18(30-2)9-10-21(19)27-23(29-24)17-7-5-11-25-14-17/h3-14,26H,1H2,2H3,(H,27,28,29). The smallest absolute Gasteiger partial charge is 0.163 e. The Morgan fingerprint density at radius 2 is 1.93 bits per heavy atom. The molecule has 0 amide bonds. The van der Waals surface area contributed by atoms with Gasteiger partial charge in [-0.15, -0.1) is 0 Å². The van der Waals surface area contributed by atoms with Gasteiger partial charge in [0.25, 0.3) is 0 Å². The molecule has 1 aliphatic heterocycles. The molecule has 0 atom stereocenters. The lowest BCUT2D eigenvalue weighted by Gasteiger charge is -2.22. The van der Waals surface area contributed by atoms with Crippen molar-refractivity contribution in [2.24, 2.45) is 0 Å². The molecule has 6 heteroatoms. The van der Waals surface area contributed by atoms with E-state index in [0.29, 0.717) is 11.6 Å². The van der Waals surface area contributed by atoms with Gasteiger partial charge in [-0.05, 0) is 42.5 Å². The first kappa shape index (κ1) is 17.9. The summed E-state index contributed by atoms with van der Waals surface area (Å²) in [6.07, 6.45) is 5.55. The van der Waals surface area contributed by atoms with Crippen LogP contribution in [0.25, 0.3) is 28.4 Å². The molecular weight excluding hydrogens is 374 g/mol. The molecule has 30 heavy (non-hydrogen) atoms. The van der Waals surface area contributed by atoms with Gasteiger partial charge in [0.05, 0.1) is 24.0 Å². The normalized spacial score (nSPS) is 12.7. The summed E-state index contributed by atoms with van der Waals surface area (Å²) in [4.78, 5) is 13.7. The average Bonchev–Trinajstić information content (AvgIpc) is 2.79. The molecule has 5 rings (SSSR count). The van der Waals surface area contributed by atoms with Crippen LogP contribution in [-0.2, 0) is 0 Å². The quantitative estimate of drug-likeness (QED) is 0.503. The third kappa shape index (κ3) is 3.24. The predicted octanol–water partition coefficient (Wildman–Crippen LogP) is 5.09. The maximum Gasteiger partial charge on any atom is 0.163 e. The van der Waals surface area contributed by atoms with Crippen LogP contribution in [0.2, 0.25) is 0 Å². The Bertz CT molecular complexity index is 1300. The van der Waals surface area contributed by atoms with Crippen molar-refractivity contribution >= 4 is 28.5 Å². The zero-order chi connectivity index (χ0) is 20.5. The lowest BCUT2D eigenvalue weighted by molar-refractivity contribution is 0.415. The number of anilines is 2. The van der Waals surface area contributed by atoms with Crippen LogP contribution in [0.4, 0.5) is 11.5 Å². The zero-order valence-corrected chi connectivity index (χ0v) is 16.4. The van der Waals surface area contributed by atoms with Crippen LogP contribution in [0.5, 0.6) is 5.75 Å². The molecule has 0 unspecified atom stereocenters. The van der Waals surface area contributed by atoms with E-state index in [1.807, 2.05) is 48.5 Å². The Morgan fingerprint density at radius 3 is 2.77 bits per heavy atom. The molecule has 0 bridgehead atoms. The Kier molecular flexibility index (Phi) is 4.37. The highest BCUT2D eigenvalue weighted by Crippen LogP contribution is 2.32. The van der Waals surface area contributed by atoms with Crippen molar-refractivity contribution in [3.8, 4) is 17.1 Å². The number of hydrogen-bond acceptors (Lipinski definition) is 6. The molecule has 0 spiro atoms. The molecule has 6 nitrogen and oxygen atoms in total. The molecule has 4 aromatic rings. The van der Waals surface area contributed by atoms with Gasteiger partial charge in [0, 0.05) is 34.6 Å². The molecule has 0 radical (unpaired) electrons. The molecule has 3 heterocycles. The van der Waals surface area contributed by atoms with E-state index < -0.39 is 0 Å². The minimum absolute atomic E-state index is 0.596. The molecule has 2 N–H and O–H groups in total. The highest BCUT2D eigenvalue weighted by molar-refractivity contribution is 5.93. The Labute approximate surface area is 174 Å². The number of hydrogen-bond donors (Lipinski definition) is 2. The van der Waals surface area contributed by atoms with Gasteiger partial charge in [0.15, 0.2) is 5.82 Å². The second-order valence-electron chi connectivity index (χ2n) is 6.89. The van der Waals surface area contributed by atoms with Crippen LogP contribution >= 0.6 is 0 Å². The maximum absolute atomic E-state index is 5.41. The van der Waals surface area contributed by atoms with E-state index in [1.54, 1.807) is 19.5 Å². The lowest BCUT2D eigenvalue weighted by atomic mass is 10.1. The van der Waals surface area contributed by atoms with E-state index in [2.05, 4.69) is 34.3 Å². The fourth-order valence-corrected chi connectivity index (χ4v) is 3.40. The first-order valence-electron chi connectivity index (χ1n) is 9.51. The SMILES string of the molecule is C=C1Nc2ccccc2C=C1Nc1nc(-c2cccnc2)nc2ccc(OC)cc12. The Morgan fingerprint density at radius 1 is 1.03 bits per heavy atom. The lowest BCUT2D eigenvalue weighted by Crippen LogP contribution is -2.14. The fraction of sp³-hybridized carbons (Fsp3) is 0.0417. The van der Waals surface area contributed by atoms with E-state index in [-0.39, 0.29) is 0 Å². The number of pyridine rings is 1. The largest absolute Gasteiger partial charge is 0.497 e. The van der Waals surface area contributed by atoms with Crippen LogP contribution in [0, 0.1) is 0 Å². The summed E-state index contributed by atoms with van der Waals surface area (Å²) in [6, 6.07) is 17.6. The second-order valence-corrected chi connectivity index (χ2v) is 6.89. The summed E-state index contributed by atoms with van der Waals surface area (Å²) in [6.45, 7) is 4.17. The third-order valence-electron chi connectivity index (χ3n) is 4.95.